The van der Waals surface area contributed by atoms with Gasteiger partial charge in [-0.25, -0.2) is 14.2 Å². The van der Waals surface area contributed by atoms with Gasteiger partial charge in [0, 0.05) is 39.2 Å². The number of carbonyl (C=O) groups is 1. The van der Waals surface area contributed by atoms with Crippen molar-refractivity contribution in [1.29, 1.82) is 0 Å². The molecule has 3 heterocycles. The Morgan fingerprint density at radius 2 is 1.86 bits per heavy atom. The van der Waals surface area contributed by atoms with E-state index in [0.29, 0.717) is 23.7 Å². The lowest BCUT2D eigenvalue weighted by Gasteiger charge is -2.21. The van der Waals surface area contributed by atoms with Crippen molar-refractivity contribution in [1.82, 2.24) is 14.8 Å². The molecule has 11 heteroatoms. The van der Waals surface area contributed by atoms with Crippen LogP contribution in [0.4, 0.5) is 26.4 Å². The van der Waals surface area contributed by atoms with E-state index in [1.807, 2.05) is 23.7 Å². The maximum absolute atomic E-state index is 13.7. The molecule has 5 rings (SSSR count). The van der Waals surface area contributed by atoms with Crippen molar-refractivity contribution < 1.29 is 14.3 Å². The van der Waals surface area contributed by atoms with Crippen LogP contribution in [0.15, 0.2) is 72.5 Å². The van der Waals surface area contributed by atoms with Gasteiger partial charge in [0.25, 0.3) is 0 Å². The number of fused-ring (bicyclic) bond motifs is 1. The Kier molecular flexibility index (Phi) is 7.20. The number of urea groups is 1. The molecule has 2 amide bonds. The number of thiophene rings is 1. The third-order valence-corrected chi connectivity index (χ3v) is 6.63. The minimum absolute atomic E-state index is 0. The predicted molar refractivity (Wildman–Crippen MR) is 143 cm³/mol. The van der Waals surface area contributed by atoms with Gasteiger partial charge in [0.1, 0.15) is 11.6 Å². The number of nitrogens with zero attached hydrogens (tertiary/aromatic N) is 4. The summed E-state index contributed by atoms with van der Waals surface area (Å²) in [4.78, 5) is 17.8. The highest BCUT2D eigenvalue weighted by Gasteiger charge is 2.18. The highest BCUT2D eigenvalue weighted by molar-refractivity contribution is 7.18. The summed E-state index contributed by atoms with van der Waals surface area (Å²) in [5.41, 5.74) is 16.3. The summed E-state index contributed by atoms with van der Waals surface area (Å²) in [7, 11) is 0. The second-order valence-corrected chi connectivity index (χ2v) is 8.71. The van der Waals surface area contributed by atoms with Gasteiger partial charge in [0.2, 0.25) is 0 Å². The Morgan fingerprint density at radius 3 is 2.56 bits per heavy atom. The molecular weight excluding hydrogens is 503 g/mol. The van der Waals surface area contributed by atoms with Crippen LogP contribution in [0.25, 0.3) is 32.3 Å². The van der Waals surface area contributed by atoms with Crippen LogP contribution >= 0.6 is 23.7 Å². The fraction of sp³-hybridized carbons (Fsp3) is 0.0800. The Labute approximate surface area is 216 Å². The van der Waals surface area contributed by atoms with Gasteiger partial charge in [0.15, 0.2) is 0 Å². The zero-order valence-electron chi connectivity index (χ0n) is 18.8. The third kappa shape index (κ3) is 4.61. The van der Waals surface area contributed by atoms with Crippen LogP contribution in [-0.2, 0) is 6.54 Å². The maximum Gasteiger partial charge on any atom is 0.323 e. The van der Waals surface area contributed by atoms with Crippen LogP contribution in [0.2, 0.25) is 0 Å². The first kappa shape index (κ1) is 25.1. The van der Waals surface area contributed by atoms with Crippen molar-refractivity contribution in [3.8, 4) is 22.3 Å². The largest absolute Gasteiger partial charge is 0.394 e. The number of hydrogen-bond donors (Lipinski definition) is 3. The highest BCUT2D eigenvalue weighted by Crippen LogP contribution is 2.42. The average molecular weight is 525 g/mol. The Balaban J connectivity index is 0.00000304. The number of pyridine rings is 1. The molecule has 0 unspecified atom stereocenters. The zero-order valence-corrected chi connectivity index (χ0v) is 20.5. The second kappa shape index (κ2) is 10.3. The summed E-state index contributed by atoms with van der Waals surface area (Å²) in [6.07, 6.45) is 5.33. The molecule has 0 bridgehead atoms. The van der Waals surface area contributed by atoms with Crippen LogP contribution in [0, 0.1) is 5.82 Å². The highest BCUT2D eigenvalue weighted by atomic mass is 35.5. The van der Waals surface area contributed by atoms with E-state index in [9.17, 15) is 9.18 Å². The molecule has 2 aromatic carbocycles. The molecule has 5 aromatic rings. The molecule has 8 nitrogen and oxygen atoms in total. The molecule has 0 atom stereocenters. The molecule has 0 radical (unpaired) electrons. The van der Waals surface area contributed by atoms with Gasteiger partial charge in [-0.15, -0.1) is 23.7 Å². The number of primary amides is 1. The predicted octanol–water partition coefficient (Wildman–Crippen LogP) is 5.18. The van der Waals surface area contributed by atoms with Gasteiger partial charge >= 0.3 is 6.03 Å². The Hall–Kier alpha value is -3.99. The number of aliphatic hydroxyl groups excluding tert-OH is 1. The van der Waals surface area contributed by atoms with E-state index < -0.39 is 11.8 Å². The van der Waals surface area contributed by atoms with Gasteiger partial charge in [-0.2, -0.15) is 5.10 Å². The van der Waals surface area contributed by atoms with Crippen molar-refractivity contribution in [2.24, 2.45) is 5.73 Å². The van der Waals surface area contributed by atoms with Crippen molar-refractivity contribution in [3.63, 3.8) is 0 Å². The normalized spacial score (nSPS) is 10.8. The lowest BCUT2D eigenvalue weighted by atomic mass is 10.0. The van der Waals surface area contributed by atoms with E-state index in [4.69, 9.17) is 16.6 Å². The minimum Gasteiger partial charge on any atom is -0.394 e. The molecule has 0 aliphatic heterocycles. The molecule has 3 aromatic heterocycles. The quantitative estimate of drug-likeness (QED) is 0.282. The van der Waals surface area contributed by atoms with Gasteiger partial charge < -0.3 is 16.6 Å². The minimum atomic E-state index is -0.718. The summed E-state index contributed by atoms with van der Waals surface area (Å²) in [5, 5.41) is 16.3. The number of hydrogen-bond acceptors (Lipinski definition) is 6. The first-order valence-electron chi connectivity index (χ1n) is 10.7. The van der Waals surface area contributed by atoms with E-state index >= 15 is 0 Å². The zero-order chi connectivity index (χ0) is 24.5. The average Bonchev–Trinajstić information content (AvgIpc) is 3.48. The Bertz CT molecular complexity index is 1540. The molecular formula is C25H22ClFN6O2S. The molecule has 5 N–H and O–H groups in total. The number of amides is 2. The number of benzene rings is 2. The van der Waals surface area contributed by atoms with E-state index in [1.54, 1.807) is 46.6 Å². The second-order valence-electron chi connectivity index (χ2n) is 7.83. The number of carbonyl (C=O) groups excluding carboxylic acids is 1. The van der Waals surface area contributed by atoms with Gasteiger partial charge in [-0.1, -0.05) is 18.2 Å². The molecule has 0 saturated heterocycles. The number of halogens is 2. The van der Waals surface area contributed by atoms with E-state index in [1.165, 1.54) is 23.1 Å². The van der Waals surface area contributed by atoms with E-state index in [0.717, 1.165) is 32.3 Å². The monoisotopic (exact) mass is 524 g/mol. The first-order valence-corrected chi connectivity index (χ1v) is 11.6. The first-order chi connectivity index (χ1) is 17.0. The molecule has 0 spiro atoms. The van der Waals surface area contributed by atoms with Crippen LogP contribution in [0.5, 0.6) is 0 Å². The fourth-order valence-electron chi connectivity index (χ4n) is 4.02. The topological polar surface area (TPSA) is 123 Å². The van der Waals surface area contributed by atoms with E-state index in [-0.39, 0.29) is 19.0 Å². The standard InChI is InChI=1S/C25H21FN6O2S.ClH/c26-17-2-1-3-19(10-17)32(25(28)34)18-6-4-15(5-7-18)21-14-35-23-20(12-29-24(27)22(21)23)16-11-30-31(13-16)8-9-33;/h1-7,10-14,33H,8-9H2,(H2,27,29)(H2,28,34);1H. The summed E-state index contributed by atoms with van der Waals surface area (Å²) in [5.74, 6) is -0.0545. The number of aromatic nitrogens is 3. The molecule has 0 fully saturated rings. The SMILES string of the molecule is Cl.NC(=O)N(c1ccc(-c2csc3c(-c4cnn(CCO)c4)cnc(N)c23)cc1)c1cccc(F)c1. The summed E-state index contributed by atoms with van der Waals surface area (Å²) < 4.78 is 16.4. The van der Waals surface area contributed by atoms with Crippen molar-refractivity contribution in [2.45, 2.75) is 6.54 Å². The lowest BCUT2D eigenvalue weighted by Crippen LogP contribution is -2.31. The Morgan fingerprint density at radius 1 is 1.08 bits per heavy atom. The molecule has 0 saturated carbocycles. The summed E-state index contributed by atoms with van der Waals surface area (Å²) in [6, 6.07) is 12.2. The molecule has 0 aliphatic carbocycles. The van der Waals surface area contributed by atoms with Crippen LogP contribution < -0.4 is 16.4 Å². The van der Waals surface area contributed by atoms with Crippen molar-refractivity contribution >= 4 is 57.1 Å². The van der Waals surface area contributed by atoms with Gasteiger partial charge in [0.05, 0.1) is 30.7 Å². The fourth-order valence-corrected chi connectivity index (χ4v) is 5.14. The number of nitrogen functional groups attached to an aromatic ring is 1. The van der Waals surface area contributed by atoms with Crippen LogP contribution in [0.3, 0.4) is 0 Å². The maximum atomic E-state index is 13.7. The van der Waals surface area contributed by atoms with Gasteiger partial charge in [-0.3, -0.25) is 9.58 Å². The lowest BCUT2D eigenvalue weighted by molar-refractivity contribution is 0.256. The summed E-state index contributed by atoms with van der Waals surface area (Å²) >= 11 is 1.55. The van der Waals surface area contributed by atoms with Crippen molar-refractivity contribution in [2.75, 3.05) is 17.2 Å². The van der Waals surface area contributed by atoms with E-state index in [2.05, 4.69) is 10.1 Å². The van der Waals surface area contributed by atoms with Crippen LogP contribution in [0.1, 0.15) is 0 Å². The number of rotatable bonds is 6. The molecule has 36 heavy (non-hydrogen) atoms. The van der Waals surface area contributed by atoms with Crippen LogP contribution in [-0.4, -0.2) is 32.5 Å². The molecule has 0 aliphatic rings. The number of anilines is 3. The number of aliphatic hydroxyl groups is 1. The molecule has 184 valence electrons. The van der Waals surface area contributed by atoms with Crippen molar-refractivity contribution in [3.05, 3.63) is 78.3 Å². The smallest absolute Gasteiger partial charge is 0.323 e. The number of nitrogens with two attached hydrogens (primary N) is 2. The third-order valence-electron chi connectivity index (χ3n) is 5.62. The summed E-state index contributed by atoms with van der Waals surface area (Å²) in [6.45, 7) is 0.410. The van der Waals surface area contributed by atoms with Gasteiger partial charge in [-0.05, 0) is 41.3 Å².